The molecule has 1 aromatic heterocycles. The molecule has 0 radical (unpaired) electrons. The second-order valence-electron chi connectivity index (χ2n) is 8.66. The number of aryl methyl sites for hydroxylation is 1. The third kappa shape index (κ3) is 6.67. The van der Waals surface area contributed by atoms with Crippen molar-refractivity contribution in [3.8, 4) is 5.88 Å². The molecule has 0 aliphatic carbocycles. The lowest BCUT2D eigenvalue weighted by Crippen LogP contribution is -2.48. The average molecular weight is 547 g/mol. The number of halogens is 6. The summed E-state index contributed by atoms with van der Waals surface area (Å²) in [5, 5.41) is 2.76. The van der Waals surface area contributed by atoms with Crippen LogP contribution in [-0.2, 0) is 28.3 Å². The lowest BCUT2D eigenvalue weighted by atomic mass is 9.93. The van der Waals surface area contributed by atoms with Crippen LogP contribution in [0.4, 0.5) is 36.8 Å². The first kappa shape index (κ1) is 29.1. The van der Waals surface area contributed by atoms with Crippen molar-refractivity contribution in [1.82, 2.24) is 10.3 Å². The highest BCUT2D eigenvalue weighted by Crippen LogP contribution is 2.39. The summed E-state index contributed by atoms with van der Waals surface area (Å²) < 4.78 is 89.3. The van der Waals surface area contributed by atoms with Gasteiger partial charge in [0.25, 0.3) is 0 Å². The number of pyridine rings is 1. The smallest absolute Gasteiger partial charge is 0.416 e. The van der Waals surface area contributed by atoms with Gasteiger partial charge in [-0.25, -0.2) is 9.78 Å². The summed E-state index contributed by atoms with van der Waals surface area (Å²) in [5.74, 6) is -0.374. The number of benzene rings is 1. The van der Waals surface area contributed by atoms with E-state index in [1.165, 1.54) is 12.0 Å². The number of ether oxygens (including phenoxy) is 2. The van der Waals surface area contributed by atoms with Gasteiger partial charge in [-0.3, -0.25) is 9.69 Å². The predicted octanol–water partition coefficient (Wildman–Crippen LogP) is 6.06. The third-order valence-electron chi connectivity index (χ3n) is 6.11. The molecule has 2 amide bonds. The Morgan fingerprint density at radius 1 is 1.05 bits per heavy atom. The largest absolute Gasteiger partial charge is 0.481 e. The molecule has 0 spiro atoms. The van der Waals surface area contributed by atoms with Gasteiger partial charge in [-0.05, 0) is 56.0 Å². The number of amides is 2. The van der Waals surface area contributed by atoms with Crippen molar-refractivity contribution in [2.75, 3.05) is 18.6 Å². The van der Waals surface area contributed by atoms with E-state index < -0.39 is 41.5 Å². The first-order valence-electron chi connectivity index (χ1n) is 11.9. The van der Waals surface area contributed by atoms with Gasteiger partial charge in [0.05, 0.1) is 42.3 Å². The molecule has 0 saturated heterocycles. The SMILES string of the molecule is CCOC(=O)N1c2ccc(OC)nc2[C@@H](NC(=O)CCc2cc(C(F)(F)F)cc(C(F)(F)F)c2)C[C@H]1CC. The molecule has 208 valence electrons. The summed E-state index contributed by atoms with van der Waals surface area (Å²) in [6.45, 7) is 3.67. The molecule has 2 heterocycles. The fourth-order valence-corrected chi connectivity index (χ4v) is 4.31. The number of hydrogen-bond donors (Lipinski definition) is 1. The van der Waals surface area contributed by atoms with E-state index in [0.29, 0.717) is 29.9 Å². The second kappa shape index (κ2) is 11.5. The van der Waals surface area contributed by atoms with E-state index in [1.54, 1.807) is 19.1 Å². The number of methoxy groups -OCH3 is 1. The Labute approximate surface area is 215 Å². The zero-order valence-corrected chi connectivity index (χ0v) is 20.9. The van der Waals surface area contributed by atoms with E-state index in [9.17, 15) is 35.9 Å². The third-order valence-corrected chi connectivity index (χ3v) is 6.11. The lowest BCUT2D eigenvalue weighted by Gasteiger charge is -2.39. The number of aromatic nitrogens is 1. The van der Waals surface area contributed by atoms with Gasteiger partial charge in [0.2, 0.25) is 11.8 Å². The topological polar surface area (TPSA) is 80.8 Å². The highest BCUT2D eigenvalue weighted by molar-refractivity contribution is 5.90. The summed E-state index contributed by atoms with van der Waals surface area (Å²) in [5.41, 5.74) is -2.42. The van der Waals surface area contributed by atoms with Gasteiger partial charge in [-0.2, -0.15) is 26.3 Å². The quantitative estimate of drug-likeness (QED) is 0.426. The average Bonchev–Trinajstić information content (AvgIpc) is 2.85. The molecule has 7 nitrogen and oxygen atoms in total. The summed E-state index contributed by atoms with van der Waals surface area (Å²) in [6, 6.07) is 3.37. The molecule has 2 atom stereocenters. The lowest BCUT2D eigenvalue weighted by molar-refractivity contribution is -0.143. The van der Waals surface area contributed by atoms with Gasteiger partial charge < -0.3 is 14.8 Å². The van der Waals surface area contributed by atoms with E-state index >= 15 is 0 Å². The molecule has 0 bridgehead atoms. The normalized spacial score (nSPS) is 17.6. The van der Waals surface area contributed by atoms with E-state index in [-0.39, 0.29) is 49.4 Å². The number of anilines is 1. The van der Waals surface area contributed by atoms with Crippen LogP contribution in [0.1, 0.15) is 61.5 Å². The van der Waals surface area contributed by atoms with E-state index in [4.69, 9.17) is 9.47 Å². The van der Waals surface area contributed by atoms with Crippen LogP contribution in [0.2, 0.25) is 0 Å². The fourth-order valence-electron chi connectivity index (χ4n) is 4.31. The van der Waals surface area contributed by atoms with Crippen LogP contribution in [-0.4, -0.2) is 36.7 Å². The van der Waals surface area contributed by atoms with E-state index in [1.807, 2.05) is 6.92 Å². The van der Waals surface area contributed by atoms with Gasteiger partial charge >= 0.3 is 18.4 Å². The second-order valence-corrected chi connectivity index (χ2v) is 8.66. The Balaban J connectivity index is 1.84. The standard InChI is InChI=1S/C25H27F6N3O4/c1-4-17-13-18(22-19(7-9-21(33-22)37-3)34(17)23(36)38-5-2)32-20(35)8-6-14-10-15(24(26,27)28)12-16(11-14)25(29,30)31/h7,9-12,17-18H,4-6,8,13H2,1-3H3,(H,32,35)/t17-,18+/m1/s1. The number of carbonyl (C=O) groups is 2. The summed E-state index contributed by atoms with van der Waals surface area (Å²) in [7, 11) is 1.40. The Kier molecular flexibility index (Phi) is 8.78. The summed E-state index contributed by atoms with van der Waals surface area (Å²) in [6.07, 6.45) is -10.5. The number of hydrogen-bond acceptors (Lipinski definition) is 5. The number of carbonyl (C=O) groups excluding carboxylic acids is 2. The van der Waals surface area contributed by atoms with Crippen LogP contribution in [0.15, 0.2) is 30.3 Å². The van der Waals surface area contributed by atoms with E-state index in [0.717, 1.165) is 0 Å². The summed E-state index contributed by atoms with van der Waals surface area (Å²) >= 11 is 0. The van der Waals surface area contributed by atoms with Crippen molar-refractivity contribution in [3.63, 3.8) is 0 Å². The van der Waals surface area contributed by atoms with Crippen LogP contribution in [0, 0.1) is 0 Å². The Morgan fingerprint density at radius 2 is 1.68 bits per heavy atom. The number of alkyl halides is 6. The van der Waals surface area contributed by atoms with E-state index in [2.05, 4.69) is 10.3 Å². The van der Waals surface area contributed by atoms with Crippen molar-refractivity contribution in [3.05, 3.63) is 52.7 Å². The maximum Gasteiger partial charge on any atom is 0.416 e. The molecule has 0 fully saturated rings. The Bertz CT molecular complexity index is 1140. The van der Waals surface area contributed by atoms with Crippen molar-refractivity contribution in [2.45, 2.75) is 64.0 Å². The molecule has 1 aliphatic heterocycles. The van der Waals surface area contributed by atoms with Crippen LogP contribution in [0.25, 0.3) is 0 Å². The van der Waals surface area contributed by atoms with Gasteiger partial charge in [0, 0.05) is 18.5 Å². The predicted molar refractivity (Wildman–Crippen MR) is 125 cm³/mol. The maximum atomic E-state index is 13.2. The molecule has 3 rings (SSSR count). The van der Waals surface area contributed by atoms with Crippen LogP contribution >= 0.6 is 0 Å². The van der Waals surface area contributed by atoms with Crippen LogP contribution in [0.3, 0.4) is 0 Å². The molecular formula is C25H27F6N3O4. The number of nitrogens with zero attached hydrogens (tertiary/aromatic N) is 2. The van der Waals surface area contributed by atoms with Gasteiger partial charge in [-0.15, -0.1) is 0 Å². The van der Waals surface area contributed by atoms with Crippen molar-refractivity contribution in [2.24, 2.45) is 0 Å². The molecule has 1 N–H and O–H groups in total. The molecular weight excluding hydrogens is 520 g/mol. The molecule has 13 heteroatoms. The highest BCUT2D eigenvalue weighted by Gasteiger charge is 2.39. The van der Waals surface area contributed by atoms with Gasteiger partial charge in [-0.1, -0.05) is 6.92 Å². The van der Waals surface area contributed by atoms with Crippen LogP contribution < -0.4 is 15.0 Å². The number of nitrogens with one attached hydrogen (secondary N) is 1. The first-order chi connectivity index (χ1) is 17.8. The zero-order valence-electron chi connectivity index (χ0n) is 20.9. The Hall–Kier alpha value is -3.51. The highest BCUT2D eigenvalue weighted by atomic mass is 19.4. The zero-order chi connectivity index (χ0) is 28.3. The minimum Gasteiger partial charge on any atom is -0.481 e. The minimum atomic E-state index is -4.98. The molecule has 0 unspecified atom stereocenters. The van der Waals surface area contributed by atoms with Crippen molar-refractivity contribution in [1.29, 1.82) is 0 Å². The molecule has 38 heavy (non-hydrogen) atoms. The molecule has 2 aromatic rings. The maximum absolute atomic E-state index is 13.2. The van der Waals surface area contributed by atoms with Crippen LogP contribution in [0.5, 0.6) is 5.88 Å². The molecule has 1 aromatic carbocycles. The van der Waals surface area contributed by atoms with Crippen molar-refractivity contribution >= 4 is 17.7 Å². The molecule has 0 saturated carbocycles. The summed E-state index contributed by atoms with van der Waals surface area (Å²) in [4.78, 5) is 31.3. The van der Waals surface area contributed by atoms with Crippen molar-refractivity contribution < 1.29 is 45.4 Å². The first-order valence-corrected chi connectivity index (χ1v) is 11.9. The fraction of sp³-hybridized carbons (Fsp3) is 0.480. The number of rotatable bonds is 7. The van der Waals surface area contributed by atoms with Gasteiger partial charge in [0.1, 0.15) is 0 Å². The number of fused-ring (bicyclic) bond motifs is 1. The van der Waals surface area contributed by atoms with Gasteiger partial charge in [0.15, 0.2) is 0 Å². The molecule has 1 aliphatic rings. The Morgan fingerprint density at radius 3 is 2.21 bits per heavy atom. The minimum absolute atomic E-state index is 0.0434. The monoisotopic (exact) mass is 547 g/mol.